The van der Waals surface area contributed by atoms with E-state index in [2.05, 4.69) is 39.9 Å². The van der Waals surface area contributed by atoms with Crippen LogP contribution in [-0.4, -0.2) is 31.6 Å². The first-order chi connectivity index (χ1) is 10.2. The normalized spacial score (nSPS) is 23.8. The van der Waals surface area contributed by atoms with Crippen LogP contribution in [0.5, 0.6) is 5.75 Å². The lowest BCUT2D eigenvalue weighted by Crippen LogP contribution is -2.36. The van der Waals surface area contributed by atoms with E-state index in [1.54, 1.807) is 7.11 Å². The summed E-state index contributed by atoms with van der Waals surface area (Å²) in [6, 6.07) is 6.66. The molecule has 1 saturated heterocycles. The molecule has 0 radical (unpaired) electrons. The summed E-state index contributed by atoms with van der Waals surface area (Å²) >= 11 is 3.73. The molecule has 1 heterocycles. The minimum Gasteiger partial charge on any atom is -0.497 e. The molecule has 1 aromatic rings. The number of benzene rings is 1. The zero-order valence-corrected chi connectivity index (χ0v) is 14.7. The number of likely N-dealkylation sites (tertiary alicyclic amines) is 1. The maximum absolute atomic E-state index is 6.11. The van der Waals surface area contributed by atoms with Crippen LogP contribution in [0, 0.1) is 5.92 Å². The van der Waals surface area contributed by atoms with Crippen molar-refractivity contribution in [3.05, 3.63) is 28.2 Å². The van der Waals surface area contributed by atoms with Gasteiger partial charge in [-0.1, -0.05) is 29.3 Å². The quantitative estimate of drug-likeness (QED) is 0.869. The minimum atomic E-state index is 0.391. The summed E-state index contributed by atoms with van der Waals surface area (Å²) < 4.78 is 6.59. The molecule has 0 aliphatic carbocycles. The average molecular weight is 355 g/mol. The zero-order valence-electron chi connectivity index (χ0n) is 13.1. The first kappa shape index (κ1) is 16.8. The molecule has 1 fully saturated rings. The number of ether oxygens (including phenoxy) is 1. The van der Waals surface area contributed by atoms with Crippen LogP contribution in [0.2, 0.25) is 0 Å². The van der Waals surface area contributed by atoms with Crippen LogP contribution in [0.15, 0.2) is 22.7 Å². The van der Waals surface area contributed by atoms with Gasteiger partial charge in [0.25, 0.3) is 0 Å². The summed E-state index contributed by atoms with van der Waals surface area (Å²) in [6.07, 6.45) is 4.94. The van der Waals surface area contributed by atoms with Gasteiger partial charge in [-0.25, -0.2) is 0 Å². The van der Waals surface area contributed by atoms with Crippen molar-refractivity contribution in [1.82, 2.24) is 4.90 Å². The maximum Gasteiger partial charge on any atom is 0.119 e. The van der Waals surface area contributed by atoms with Crippen molar-refractivity contribution in [1.29, 1.82) is 0 Å². The first-order valence-corrected chi connectivity index (χ1v) is 8.78. The van der Waals surface area contributed by atoms with Gasteiger partial charge < -0.3 is 10.5 Å². The molecule has 1 aliphatic rings. The largest absolute Gasteiger partial charge is 0.497 e. The van der Waals surface area contributed by atoms with Crippen LogP contribution in [0.3, 0.4) is 0 Å². The number of nitrogens with zero attached hydrogens (tertiary/aromatic N) is 1. The molecule has 118 valence electrons. The summed E-state index contributed by atoms with van der Waals surface area (Å²) in [5.41, 5.74) is 7.43. The van der Waals surface area contributed by atoms with Gasteiger partial charge in [-0.15, -0.1) is 0 Å². The molecule has 4 heteroatoms. The van der Waals surface area contributed by atoms with Gasteiger partial charge in [0, 0.05) is 10.5 Å². The molecule has 2 N–H and O–H groups in total. The number of hydrogen-bond acceptors (Lipinski definition) is 3. The Kier molecular flexibility index (Phi) is 6.52. The van der Waals surface area contributed by atoms with Gasteiger partial charge in [0.2, 0.25) is 0 Å². The Morgan fingerprint density at radius 3 is 2.86 bits per heavy atom. The van der Waals surface area contributed by atoms with Crippen LogP contribution in [0.4, 0.5) is 0 Å². The van der Waals surface area contributed by atoms with Crippen molar-refractivity contribution in [3.63, 3.8) is 0 Å². The van der Waals surface area contributed by atoms with Crippen LogP contribution >= 0.6 is 15.9 Å². The fraction of sp³-hybridized carbons (Fsp3) is 0.647. The van der Waals surface area contributed by atoms with Gasteiger partial charge >= 0.3 is 0 Å². The highest BCUT2D eigenvalue weighted by Crippen LogP contribution is 2.39. The summed E-state index contributed by atoms with van der Waals surface area (Å²) in [7, 11) is 1.73. The lowest BCUT2D eigenvalue weighted by molar-refractivity contribution is 0.157. The molecule has 1 aromatic carbocycles. The Balaban J connectivity index is 2.41. The van der Waals surface area contributed by atoms with E-state index < -0.39 is 0 Å². The zero-order chi connectivity index (χ0) is 15.2. The highest BCUT2D eigenvalue weighted by molar-refractivity contribution is 9.10. The molecule has 2 unspecified atom stereocenters. The van der Waals surface area contributed by atoms with E-state index in [4.69, 9.17) is 10.5 Å². The summed E-state index contributed by atoms with van der Waals surface area (Å²) in [5, 5.41) is 0. The van der Waals surface area contributed by atoms with Gasteiger partial charge in [0.05, 0.1) is 7.11 Å². The molecule has 0 saturated carbocycles. The average Bonchev–Trinajstić information content (AvgIpc) is 2.70. The van der Waals surface area contributed by atoms with Gasteiger partial charge in [-0.2, -0.15) is 0 Å². The highest BCUT2D eigenvalue weighted by Gasteiger charge is 2.31. The Morgan fingerprint density at radius 1 is 1.38 bits per heavy atom. The fourth-order valence-electron chi connectivity index (χ4n) is 3.43. The Labute approximate surface area is 137 Å². The van der Waals surface area contributed by atoms with E-state index in [-0.39, 0.29) is 0 Å². The lowest BCUT2D eigenvalue weighted by Gasteiger charge is -2.35. The van der Waals surface area contributed by atoms with E-state index in [9.17, 15) is 0 Å². The molecular weight excluding hydrogens is 328 g/mol. The number of halogens is 1. The number of nitrogens with two attached hydrogens (primary N) is 1. The van der Waals surface area contributed by atoms with Crippen molar-refractivity contribution in [2.75, 3.05) is 26.7 Å². The molecular formula is C17H27BrN2O. The number of hydrogen-bond donors (Lipinski definition) is 1. The predicted octanol–water partition coefficient (Wildman–Crippen LogP) is 3.97. The molecule has 21 heavy (non-hydrogen) atoms. The molecule has 1 aliphatic heterocycles. The van der Waals surface area contributed by atoms with Crippen LogP contribution < -0.4 is 10.5 Å². The number of rotatable bonds is 5. The molecule has 3 nitrogen and oxygen atoms in total. The monoisotopic (exact) mass is 354 g/mol. The van der Waals surface area contributed by atoms with Gasteiger partial charge in [0.1, 0.15) is 5.75 Å². The summed E-state index contributed by atoms with van der Waals surface area (Å²) in [5.74, 6) is 1.44. The van der Waals surface area contributed by atoms with Crippen molar-refractivity contribution in [2.24, 2.45) is 11.7 Å². The molecule has 0 aromatic heterocycles. The third-order valence-corrected chi connectivity index (χ3v) is 5.17. The second-order valence-corrected chi connectivity index (χ2v) is 6.71. The van der Waals surface area contributed by atoms with Crippen LogP contribution in [0.25, 0.3) is 0 Å². The maximum atomic E-state index is 6.11. The summed E-state index contributed by atoms with van der Waals surface area (Å²) in [6.45, 7) is 5.29. The van der Waals surface area contributed by atoms with Crippen LogP contribution in [-0.2, 0) is 0 Å². The van der Waals surface area contributed by atoms with E-state index >= 15 is 0 Å². The second kappa shape index (κ2) is 8.16. The topological polar surface area (TPSA) is 38.5 Å². The Morgan fingerprint density at radius 2 is 2.19 bits per heavy atom. The van der Waals surface area contributed by atoms with Gasteiger partial charge in [-0.05, 0) is 68.6 Å². The number of methoxy groups -OCH3 is 1. The van der Waals surface area contributed by atoms with E-state index in [0.717, 1.165) is 23.3 Å². The third kappa shape index (κ3) is 3.99. The third-order valence-electron chi connectivity index (χ3n) is 4.45. The second-order valence-electron chi connectivity index (χ2n) is 5.86. The van der Waals surface area contributed by atoms with E-state index in [0.29, 0.717) is 12.0 Å². The SMILES string of the molecule is CCCN1CCCCC(CN)C1c1cc(OC)ccc1Br. The Hall–Kier alpha value is -0.580. The molecule has 2 rings (SSSR count). The van der Waals surface area contributed by atoms with Gasteiger partial charge in [0.15, 0.2) is 0 Å². The molecule has 0 amide bonds. The smallest absolute Gasteiger partial charge is 0.119 e. The Bertz CT molecular complexity index is 452. The predicted molar refractivity (Wildman–Crippen MR) is 91.7 cm³/mol. The van der Waals surface area contributed by atoms with Crippen molar-refractivity contribution >= 4 is 15.9 Å². The molecule has 0 bridgehead atoms. The van der Waals surface area contributed by atoms with E-state index in [1.165, 1.54) is 37.8 Å². The van der Waals surface area contributed by atoms with Crippen molar-refractivity contribution in [3.8, 4) is 5.75 Å². The van der Waals surface area contributed by atoms with E-state index in [1.807, 2.05) is 6.07 Å². The lowest BCUT2D eigenvalue weighted by atomic mass is 9.89. The molecule has 0 spiro atoms. The van der Waals surface area contributed by atoms with Crippen molar-refractivity contribution in [2.45, 2.75) is 38.6 Å². The minimum absolute atomic E-state index is 0.391. The standard InChI is InChI=1S/C17H27BrN2O/c1-3-9-20-10-5-4-6-13(12-19)17(20)15-11-14(21-2)7-8-16(15)18/h7-8,11,13,17H,3-6,9-10,12,19H2,1-2H3. The fourth-order valence-corrected chi connectivity index (χ4v) is 3.91. The van der Waals surface area contributed by atoms with Crippen LogP contribution in [0.1, 0.15) is 44.2 Å². The summed E-state index contributed by atoms with van der Waals surface area (Å²) in [4.78, 5) is 2.62. The highest BCUT2D eigenvalue weighted by atomic mass is 79.9. The molecule has 2 atom stereocenters. The van der Waals surface area contributed by atoms with Gasteiger partial charge in [-0.3, -0.25) is 4.90 Å². The van der Waals surface area contributed by atoms with Crippen molar-refractivity contribution < 1.29 is 4.74 Å². The first-order valence-electron chi connectivity index (χ1n) is 7.98.